The minimum Gasteiger partial charge on any atom is -0.258 e. The van der Waals surface area contributed by atoms with Crippen LogP contribution < -0.4 is 0 Å². The van der Waals surface area contributed by atoms with Crippen molar-refractivity contribution in [3.05, 3.63) is 80.7 Å². The smallest absolute Gasteiger partial charge is 0.258 e. The van der Waals surface area contributed by atoms with E-state index in [2.05, 4.69) is 0 Å². The van der Waals surface area contributed by atoms with Crippen molar-refractivity contribution in [1.29, 1.82) is 0 Å². The number of nitro benzene ring substituents is 1. The summed E-state index contributed by atoms with van der Waals surface area (Å²) in [5, 5.41) is 12.0. The summed E-state index contributed by atoms with van der Waals surface area (Å²) in [5.74, 6) is 0. The summed E-state index contributed by atoms with van der Waals surface area (Å²) in [7, 11) is -2.21. The topological polar surface area (TPSA) is 80.5 Å². The van der Waals surface area contributed by atoms with E-state index in [1.54, 1.807) is 19.1 Å². The van der Waals surface area contributed by atoms with Gasteiger partial charge in [-0.05, 0) is 31.1 Å². The second-order valence-corrected chi connectivity index (χ2v) is 7.68. The van der Waals surface area contributed by atoms with Crippen molar-refractivity contribution in [3.63, 3.8) is 0 Å². The third kappa shape index (κ3) is 4.74. The summed E-state index contributed by atoms with van der Waals surface area (Å²) in [6.45, 7) is 3.65. The van der Waals surface area contributed by atoms with E-state index in [1.807, 2.05) is 31.2 Å². The number of nitro groups is 1. The molecule has 0 fully saturated rings. The first-order valence-corrected chi connectivity index (χ1v) is 9.18. The van der Waals surface area contributed by atoms with E-state index in [1.165, 1.54) is 29.6 Å². The maximum Gasteiger partial charge on any atom is 0.269 e. The second-order valence-electron chi connectivity index (χ2n) is 5.80. The number of hydrogen-bond donors (Lipinski definition) is 0. The molecule has 0 amide bonds. The van der Waals surface area contributed by atoms with Gasteiger partial charge in [0.25, 0.3) is 5.69 Å². The van der Waals surface area contributed by atoms with Gasteiger partial charge in [-0.3, -0.25) is 10.1 Å². The maximum atomic E-state index is 12.5. The van der Waals surface area contributed by atoms with E-state index in [9.17, 15) is 18.5 Å². The molecule has 1 atom stereocenters. The number of rotatable bonds is 6. The molecule has 0 saturated carbocycles. The molecule has 0 bridgehead atoms. The van der Waals surface area contributed by atoms with Crippen LogP contribution in [0.1, 0.15) is 29.7 Å². The van der Waals surface area contributed by atoms with Crippen LogP contribution in [0.25, 0.3) is 6.08 Å². The van der Waals surface area contributed by atoms with Crippen molar-refractivity contribution in [1.82, 2.24) is 4.31 Å². The summed E-state index contributed by atoms with van der Waals surface area (Å²) >= 11 is 0. The Balaban J connectivity index is 2.22. The van der Waals surface area contributed by atoms with Crippen LogP contribution in [0.5, 0.6) is 0 Å². The zero-order valence-electron chi connectivity index (χ0n) is 14.3. The number of benzene rings is 2. The van der Waals surface area contributed by atoms with Gasteiger partial charge in [-0.15, -0.1) is 0 Å². The molecule has 2 aromatic rings. The highest BCUT2D eigenvalue weighted by atomic mass is 32.2. The molecule has 132 valence electrons. The molecule has 0 saturated heterocycles. The lowest BCUT2D eigenvalue weighted by atomic mass is 10.1. The average molecular weight is 360 g/mol. The lowest BCUT2D eigenvalue weighted by Crippen LogP contribution is -2.28. The number of aryl methyl sites for hydroxylation is 1. The van der Waals surface area contributed by atoms with E-state index in [0.29, 0.717) is 5.56 Å². The predicted octanol–water partition coefficient (Wildman–Crippen LogP) is 3.90. The number of hydrogen-bond acceptors (Lipinski definition) is 4. The minimum atomic E-state index is -3.67. The Morgan fingerprint density at radius 2 is 1.80 bits per heavy atom. The molecular weight excluding hydrogens is 340 g/mol. The first-order valence-electron chi connectivity index (χ1n) is 7.68. The van der Waals surface area contributed by atoms with Gasteiger partial charge in [-0.25, -0.2) is 8.42 Å². The molecule has 0 aliphatic heterocycles. The highest BCUT2D eigenvalue weighted by Gasteiger charge is 2.23. The highest BCUT2D eigenvalue weighted by Crippen LogP contribution is 2.25. The van der Waals surface area contributed by atoms with Crippen molar-refractivity contribution in [2.75, 3.05) is 7.05 Å². The van der Waals surface area contributed by atoms with Gasteiger partial charge in [0.2, 0.25) is 10.0 Å². The summed E-state index contributed by atoms with van der Waals surface area (Å²) in [5.41, 5.74) is 2.37. The molecule has 25 heavy (non-hydrogen) atoms. The molecular formula is C18H20N2O4S. The fraction of sp³-hybridized carbons (Fsp3) is 0.222. The predicted molar refractivity (Wildman–Crippen MR) is 98.4 cm³/mol. The van der Waals surface area contributed by atoms with Gasteiger partial charge in [0.05, 0.1) is 4.92 Å². The van der Waals surface area contributed by atoms with Gasteiger partial charge < -0.3 is 0 Å². The zero-order valence-corrected chi connectivity index (χ0v) is 15.1. The molecule has 6 nitrogen and oxygen atoms in total. The Morgan fingerprint density at radius 3 is 2.40 bits per heavy atom. The van der Waals surface area contributed by atoms with Gasteiger partial charge >= 0.3 is 0 Å². The molecule has 0 aromatic heterocycles. The van der Waals surface area contributed by atoms with Crippen molar-refractivity contribution in [2.24, 2.45) is 0 Å². The lowest BCUT2D eigenvalue weighted by Gasteiger charge is -2.23. The van der Waals surface area contributed by atoms with E-state index >= 15 is 0 Å². The second kappa shape index (κ2) is 7.58. The normalized spacial score (nSPS) is 13.3. The molecule has 1 unspecified atom stereocenters. The van der Waals surface area contributed by atoms with Crippen LogP contribution in [0.2, 0.25) is 0 Å². The van der Waals surface area contributed by atoms with Crippen LogP contribution in [0, 0.1) is 17.0 Å². The van der Waals surface area contributed by atoms with Crippen LogP contribution in [-0.4, -0.2) is 24.7 Å². The van der Waals surface area contributed by atoms with Gasteiger partial charge in [-0.2, -0.15) is 4.31 Å². The fourth-order valence-electron chi connectivity index (χ4n) is 2.27. The quantitative estimate of drug-likeness (QED) is 0.578. The van der Waals surface area contributed by atoms with Crippen molar-refractivity contribution in [3.8, 4) is 0 Å². The third-order valence-corrected chi connectivity index (χ3v) is 5.62. The Kier molecular flexibility index (Phi) is 5.71. The van der Waals surface area contributed by atoms with Crippen LogP contribution in [0.15, 0.2) is 53.9 Å². The Morgan fingerprint density at radius 1 is 1.16 bits per heavy atom. The first-order chi connectivity index (χ1) is 11.7. The SMILES string of the molecule is Cc1ccc(C=CS(=O)(=O)N(C)C(C)c2cccc([N+](=O)[O-])c2)cc1. The van der Waals surface area contributed by atoms with Gasteiger partial charge in [0.15, 0.2) is 0 Å². The number of nitrogens with zero attached hydrogens (tertiary/aromatic N) is 2. The van der Waals surface area contributed by atoms with Crippen molar-refractivity contribution < 1.29 is 13.3 Å². The Bertz CT molecular complexity index is 890. The molecule has 0 aliphatic carbocycles. The maximum absolute atomic E-state index is 12.5. The van der Waals surface area contributed by atoms with Crippen LogP contribution in [0.4, 0.5) is 5.69 Å². The Labute approximate surface area is 147 Å². The number of sulfonamides is 1. The average Bonchev–Trinajstić information content (AvgIpc) is 2.60. The van der Waals surface area contributed by atoms with Gasteiger partial charge in [0.1, 0.15) is 0 Å². The number of non-ortho nitro benzene ring substituents is 1. The molecule has 0 aliphatic rings. The minimum absolute atomic E-state index is 0.0645. The monoisotopic (exact) mass is 360 g/mol. The third-order valence-electron chi connectivity index (χ3n) is 4.02. The molecule has 0 spiro atoms. The van der Waals surface area contributed by atoms with E-state index in [4.69, 9.17) is 0 Å². The highest BCUT2D eigenvalue weighted by molar-refractivity contribution is 7.92. The largest absolute Gasteiger partial charge is 0.269 e. The molecule has 0 radical (unpaired) electrons. The molecule has 2 aromatic carbocycles. The summed E-state index contributed by atoms with van der Waals surface area (Å²) in [6.07, 6.45) is 1.53. The van der Waals surface area contributed by atoms with Gasteiger partial charge in [-0.1, -0.05) is 42.0 Å². The zero-order chi connectivity index (χ0) is 18.6. The van der Waals surface area contributed by atoms with Crippen LogP contribution in [0.3, 0.4) is 0 Å². The molecule has 2 rings (SSSR count). The Hall–Kier alpha value is -2.51. The molecule has 0 N–H and O–H groups in total. The summed E-state index contributed by atoms with van der Waals surface area (Å²) in [4.78, 5) is 10.4. The lowest BCUT2D eigenvalue weighted by molar-refractivity contribution is -0.384. The summed E-state index contributed by atoms with van der Waals surface area (Å²) in [6, 6.07) is 12.9. The van der Waals surface area contributed by atoms with Crippen LogP contribution >= 0.6 is 0 Å². The van der Waals surface area contributed by atoms with Crippen molar-refractivity contribution >= 4 is 21.8 Å². The van der Waals surface area contributed by atoms with E-state index < -0.39 is 21.0 Å². The first kappa shape index (κ1) is 18.8. The molecule has 7 heteroatoms. The van der Waals surface area contributed by atoms with E-state index in [0.717, 1.165) is 16.5 Å². The van der Waals surface area contributed by atoms with Crippen molar-refractivity contribution in [2.45, 2.75) is 19.9 Å². The van der Waals surface area contributed by atoms with Gasteiger partial charge in [0, 0.05) is 30.6 Å². The van der Waals surface area contributed by atoms with E-state index in [-0.39, 0.29) is 5.69 Å². The summed E-state index contributed by atoms with van der Waals surface area (Å²) < 4.78 is 26.2. The fourth-order valence-corrected chi connectivity index (χ4v) is 3.35. The molecule has 0 heterocycles. The standard InChI is InChI=1S/C18H20N2O4S/c1-14-7-9-16(10-8-14)11-12-25(23,24)19(3)15(2)17-5-4-6-18(13-17)20(21)22/h4-13,15H,1-3H3. The van der Waals surface area contributed by atoms with Crippen LogP contribution in [-0.2, 0) is 10.0 Å².